The Labute approximate surface area is 208 Å². The topological polar surface area (TPSA) is 78.7 Å². The van der Waals surface area contributed by atoms with Gasteiger partial charge in [-0.05, 0) is 81.6 Å². The van der Waals surface area contributed by atoms with Crippen LogP contribution in [0.4, 0.5) is 0 Å². The average Bonchev–Trinajstić information content (AvgIpc) is 3.56. The van der Waals surface area contributed by atoms with Gasteiger partial charge in [-0.15, -0.1) is 11.3 Å². The quantitative estimate of drug-likeness (QED) is 0.607. The molecule has 2 amide bonds. The molecule has 2 heterocycles. The van der Waals surface area contributed by atoms with Gasteiger partial charge in [0.15, 0.2) is 0 Å². The third-order valence-electron chi connectivity index (χ3n) is 8.67. The van der Waals surface area contributed by atoms with Gasteiger partial charge in [0.1, 0.15) is 6.04 Å². The SMILES string of the molecule is NC1CCC(NC(=O)[C@H]2CC(N(CC3CCCCC3)C3CC3)CCN2C(=O)c2cccs2)CC1. The van der Waals surface area contributed by atoms with Gasteiger partial charge in [0, 0.05) is 37.3 Å². The maximum atomic E-state index is 13.6. The van der Waals surface area contributed by atoms with Crippen LogP contribution in [0, 0.1) is 5.92 Å². The van der Waals surface area contributed by atoms with Crippen molar-refractivity contribution in [3.05, 3.63) is 22.4 Å². The smallest absolute Gasteiger partial charge is 0.264 e. The lowest BCUT2D eigenvalue weighted by Crippen LogP contribution is -2.59. The number of rotatable bonds is 7. The van der Waals surface area contributed by atoms with E-state index in [1.54, 1.807) is 0 Å². The zero-order chi connectivity index (χ0) is 23.5. The van der Waals surface area contributed by atoms with E-state index in [1.807, 2.05) is 22.4 Å². The molecular weight excluding hydrogens is 444 g/mol. The van der Waals surface area contributed by atoms with Crippen LogP contribution in [-0.4, -0.2) is 64.9 Å². The molecule has 3 N–H and O–H groups in total. The van der Waals surface area contributed by atoms with Gasteiger partial charge < -0.3 is 16.0 Å². The maximum Gasteiger partial charge on any atom is 0.264 e. The van der Waals surface area contributed by atoms with E-state index in [9.17, 15) is 9.59 Å². The predicted molar refractivity (Wildman–Crippen MR) is 137 cm³/mol. The van der Waals surface area contributed by atoms with Crippen LogP contribution >= 0.6 is 11.3 Å². The molecule has 34 heavy (non-hydrogen) atoms. The molecule has 1 aliphatic heterocycles. The first kappa shape index (κ1) is 24.3. The summed E-state index contributed by atoms with van der Waals surface area (Å²) in [5.41, 5.74) is 6.08. The van der Waals surface area contributed by atoms with Crippen molar-refractivity contribution in [2.45, 2.75) is 114 Å². The Balaban J connectivity index is 1.30. The van der Waals surface area contributed by atoms with Gasteiger partial charge in [-0.1, -0.05) is 25.3 Å². The summed E-state index contributed by atoms with van der Waals surface area (Å²) < 4.78 is 0. The molecule has 3 saturated carbocycles. The highest BCUT2D eigenvalue weighted by molar-refractivity contribution is 7.12. The molecule has 1 saturated heterocycles. The predicted octanol–water partition coefficient (Wildman–Crippen LogP) is 4.15. The number of likely N-dealkylation sites (tertiary alicyclic amines) is 1. The molecule has 0 spiro atoms. The lowest BCUT2D eigenvalue weighted by molar-refractivity contribution is -0.128. The fourth-order valence-electron chi connectivity index (χ4n) is 6.51. The summed E-state index contributed by atoms with van der Waals surface area (Å²) in [5.74, 6) is 0.867. The maximum absolute atomic E-state index is 13.6. The van der Waals surface area contributed by atoms with Crippen molar-refractivity contribution in [1.82, 2.24) is 15.1 Å². The molecular formula is C27H42N4O2S. The summed E-state index contributed by atoms with van der Waals surface area (Å²) in [6.45, 7) is 1.85. The summed E-state index contributed by atoms with van der Waals surface area (Å²) in [6, 6.07) is 4.97. The van der Waals surface area contributed by atoms with E-state index in [0.29, 0.717) is 18.6 Å². The van der Waals surface area contributed by atoms with Crippen molar-refractivity contribution < 1.29 is 9.59 Å². The van der Waals surface area contributed by atoms with Crippen molar-refractivity contribution in [2.75, 3.05) is 13.1 Å². The second-order valence-electron chi connectivity index (χ2n) is 11.2. The first-order valence-electron chi connectivity index (χ1n) is 13.7. The highest BCUT2D eigenvalue weighted by Crippen LogP contribution is 2.36. The van der Waals surface area contributed by atoms with Crippen LogP contribution in [-0.2, 0) is 4.79 Å². The van der Waals surface area contributed by atoms with Crippen LogP contribution in [0.15, 0.2) is 17.5 Å². The van der Waals surface area contributed by atoms with Crippen molar-refractivity contribution in [2.24, 2.45) is 11.7 Å². The van der Waals surface area contributed by atoms with Crippen molar-refractivity contribution in [3.8, 4) is 0 Å². The number of nitrogens with two attached hydrogens (primary N) is 1. The number of hydrogen-bond acceptors (Lipinski definition) is 5. The number of amides is 2. The molecule has 4 fully saturated rings. The number of nitrogens with zero attached hydrogens (tertiary/aromatic N) is 2. The molecule has 0 bridgehead atoms. The summed E-state index contributed by atoms with van der Waals surface area (Å²) in [7, 11) is 0. The van der Waals surface area contributed by atoms with Crippen LogP contribution in [0.25, 0.3) is 0 Å². The fraction of sp³-hybridized carbons (Fsp3) is 0.778. The van der Waals surface area contributed by atoms with Gasteiger partial charge in [-0.3, -0.25) is 14.5 Å². The van der Waals surface area contributed by atoms with Crippen LogP contribution in [0.2, 0.25) is 0 Å². The van der Waals surface area contributed by atoms with Crippen LogP contribution in [0.3, 0.4) is 0 Å². The zero-order valence-electron chi connectivity index (χ0n) is 20.5. The lowest BCUT2D eigenvalue weighted by atomic mass is 9.87. The van der Waals surface area contributed by atoms with E-state index in [-0.39, 0.29) is 29.9 Å². The lowest BCUT2D eigenvalue weighted by Gasteiger charge is -2.44. The number of piperidine rings is 1. The number of hydrogen-bond donors (Lipinski definition) is 2. The Hall–Kier alpha value is -1.44. The molecule has 1 unspecified atom stereocenters. The fourth-order valence-corrected chi connectivity index (χ4v) is 7.19. The Kier molecular flexibility index (Phi) is 7.91. The molecule has 0 radical (unpaired) electrons. The Morgan fingerprint density at radius 2 is 1.76 bits per heavy atom. The normalized spacial score (nSPS) is 30.9. The molecule has 1 aromatic rings. The van der Waals surface area contributed by atoms with Crippen molar-refractivity contribution in [1.29, 1.82) is 0 Å². The van der Waals surface area contributed by atoms with Gasteiger partial charge in [0.25, 0.3) is 5.91 Å². The van der Waals surface area contributed by atoms with Crippen LogP contribution < -0.4 is 11.1 Å². The summed E-state index contributed by atoms with van der Waals surface area (Å²) in [4.78, 5) is 32.4. The molecule has 7 heteroatoms. The van der Waals surface area contributed by atoms with Gasteiger partial charge in [0.2, 0.25) is 5.91 Å². The summed E-state index contributed by atoms with van der Waals surface area (Å²) >= 11 is 1.47. The zero-order valence-corrected chi connectivity index (χ0v) is 21.3. The van der Waals surface area contributed by atoms with Gasteiger partial charge >= 0.3 is 0 Å². The summed E-state index contributed by atoms with van der Waals surface area (Å²) in [5, 5.41) is 5.27. The average molecular weight is 487 g/mol. The van der Waals surface area contributed by atoms with E-state index in [1.165, 1.54) is 62.8 Å². The summed E-state index contributed by atoms with van der Waals surface area (Å²) in [6.07, 6.45) is 15.0. The minimum absolute atomic E-state index is 0.0181. The number of carbonyl (C=O) groups is 2. The second-order valence-corrected chi connectivity index (χ2v) is 12.2. The monoisotopic (exact) mass is 486 g/mol. The molecule has 5 rings (SSSR count). The molecule has 2 atom stereocenters. The van der Waals surface area contributed by atoms with Gasteiger partial charge in [0.05, 0.1) is 4.88 Å². The van der Waals surface area contributed by atoms with Gasteiger partial charge in [-0.25, -0.2) is 0 Å². The molecule has 0 aromatic carbocycles. The number of thiophene rings is 1. The molecule has 1 aromatic heterocycles. The number of carbonyl (C=O) groups excluding carboxylic acids is 2. The molecule has 6 nitrogen and oxygen atoms in total. The Morgan fingerprint density at radius 3 is 2.44 bits per heavy atom. The minimum Gasteiger partial charge on any atom is -0.352 e. The molecule has 188 valence electrons. The largest absolute Gasteiger partial charge is 0.352 e. The van der Waals surface area contributed by atoms with Crippen LogP contribution in [0.1, 0.15) is 93.1 Å². The number of nitrogens with one attached hydrogen (secondary N) is 1. The minimum atomic E-state index is -0.378. The molecule has 3 aliphatic carbocycles. The van der Waals surface area contributed by atoms with Crippen molar-refractivity contribution in [3.63, 3.8) is 0 Å². The third-order valence-corrected chi connectivity index (χ3v) is 9.53. The molecule has 4 aliphatic rings. The van der Waals surface area contributed by atoms with Crippen LogP contribution in [0.5, 0.6) is 0 Å². The highest BCUT2D eigenvalue weighted by Gasteiger charge is 2.43. The second kappa shape index (κ2) is 11.1. The first-order chi connectivity index (χ1) is 16.6. The van der Waals surface area contributed by atoms with Gasteiger partial charge in [-0.2, -0.15) is 0 Å². The van der Waals surface area contributed by atoms with E-state index < -0.39 is 0 Å². The van der Waals surface area contributed by atoms with E-state index in [2.05, 4.69) is 10.2 Å². The van der Waals surface area contributed by atoms with E-state index in [0.717, 1.165) is 49.3 Å². The standard InChI is InChI=1S/C27H42N4O2S/c28-20-8-10-21(11-9-20)29-26(32)24-17-23(14-15-30(24)27(33)25-7-4-16-34-25)31(22-12-13-22)18-19-5-2-1-3-6-19/h4,7,16,19-24H,1-3,5-6,8-15,17-18,28H2,(H,29,32)/t20?,21?,23?,24-/m1/s1. The highest BCUT2D eigenvalue weighted by atomic mass is 32.1. The van der Waals surface area contributed by atoms with E-state index >= 15 is 0 Å². The van der Waals surface area contributed by atoms with Crippen molar-refractivity contribution >= 4 is 23.2 Å². The Morgan fingerprint density at radius 1 is 1.00 bits per heavy atom. The Bertz CT molecular complexity index is 813. The third kappa shape index (κ3) is 5.85. The van der Waals surface area contributed by atoms with E-state index in [4.69, 9.17) is 5.73 Å². The first-order valence-corrected chi connectivity index (χ1v) is 14.6.